The van der Waals surface area contributed by atoms with Crippen LogP contribution < -0.4 is 15.4 Å². The van der Waals surface area contributed by atoms with Gasteiger partial charge in [-0.2, -0.15) is 0 Å². The minimum atomic E-state index is -1.51. The summed E-state index contributed by atoms with van der Waals surface area (Å²) >= 11 is -0.0184. The van der Waals surface area contributed by atoms with Crippen LogP contribution in [0.2, 0.25) is 0 Å². The summed E-state index contributed by atoms with van der Waals surface area (Å²) in [6, 6.07) is 22.7. The lowest BCUT2D eigenvalue weighted by atomic mass is 10.1. The predicted molar refractivity (Wildman–Crippen MR) is 170 cm³/mol. The van der Waals surface area contributed by atoms with Crippen LogP contribution in [0.4, 0.5) is 10.5 Å². The van der Waals surface area contributed by atoms with E-state index in [1.165, 1.54) is 11.3 Å². The Morgan fingerprint density at radius 1 is 1.00 bits per heavy atom. The Morgan fingerprint density at radius 3 is 2.38 bits per heavy atom. The fourth-order valence-corrected chi connectivity index (χ4v) is 6.33. The third-order valence-corrected chi connectivity index (χ3v) is 8.45. The summed E-state index contributed by atoms with van der Waals surface area (Å²) in [5.41, 5.74) is 3.74. The minimum absolute atomic E-state index is 0.0779. The number of aromatic nitrogens is 1. The van der Waals surface area contributed by atoms with Crippen molar-refractivity contribution in [2.75, 3.05) is 5.32 Å². The molecule has 8 nitrogen and oxygen atoms in total. The molecule has 4 rings (SSSR count). The quantitative estimate of drug-likeness (QED) is 0.174. The second-order valence-corrected chi connectivity index (χ2v) is 13.3. The molecule has 1 aromatic heterocycles. The first-order valence-corrected chi connectivity index (χ1v) is 15.6. The molecule has 42 heavy (non-hydrogen) atoms. The summed E-state index contributed by atoms with van der Waals surface area (Å²) in [5, 5.41) is 6.47. The third kappa shape index (κ3) is 9.15. The van der Waals surface area contributed by atoms with E-state index in [1.807, 2.05) is 81.4 Å². The van der Waals surface area contributed by atoms with Gasteiger partial charge >= 0.3 is 6.09 Å². The predicted octanol–water partition coefficient (Wildman–Crippen LogP) is 6.70. The van der Waals surface area contributed by atoms with E-state index in [4.69, 9.17) is 4.74 Å². The average Bonchev–Trinajstić information content (AvgIpc) is 3.41. The number of nitrogens with one attached hydrogen (secondary N) is 3. The van der Waals surface area contributed by atoms with Crippen molar-refractivity contribution in [2.24, 2.45) is 0 Å². The zero-order chi connectivity index (χ0) is 30.3. The number of anilines is 1. The Balaban J connectivity index is 1.52. The van der Waals surface area contributed by atoms with Crippen molar-refractivity contribution in [1.82, 2.24) is 15.0 Å². The van der Waals surface area contributed by atoms with Gasteiger partial charge in [0.2, 0.25) is 5.91 Å². The number of carbonyl (C=O) groups is 2. The highest BCUT2D eigenvalue weighted by Crippen LogP contribution is 2.36. The highest BCUT2D eigenvalue weighted by molar-refractivity contribution is 7.89. The molecule has 3 N–H and O–H groups in total. The molecule has 0 aliphatic carbocycles. The van der Waals surface area contributed by atoms with Gasteiger partial charge in [-0.15, -0.1) is 16.1 Å². The second-order valence-electron chi connectivity index (χ2n) is 11.1. The topological polar surface area (TPSA) is 115 Å². The maximum Gasteiger partial charge on any atom is 0.411 e. The summed E-state index contributed by atoms with van der Waals surface area (Å²) in [6.45, 7) is 9.80. The average molecular weight is 605 g/mol. The summed E-state index contributed by atoms with van der Waals surface area (Å²) in [5.74, 6) is -0.0779. The number of thiazole rings is 1. The van der Waals surface area contributed by atoms with E-state index in [1.54, 1.807) is 32.2 Å². The van der Waals surface area contributed by atoms with Crippen LogP contribution in [-0.4, -0.2) is 33.2 Å². The van der Waals surface area contributed by atoms with E-state index in [9.17, 15) is 14.1 Å². The van der Waals surface area contributed by atoms with Crippen LogP contribution in [0.1, 0.15) is 45.7 Å². The first-order valence-electron chi connectivity index (χ1n) is 13.6. The molecule has 0 bridgehead atoms. The van der Waals surface area contributed by atoms with Gasteiger partial charge in [-0.1, -0.05) is 36.4 Å². The van der Waals surface area contributed by atoms with Crippen molar-refractivity contribution < 1.29 is 18.9 Å². The van der Waals surface area contributed by atoms with Crippen LogP contribution in [0.25, 0.3) is 21.0 Å². The fourth-order valence-electron chi connectivity index (χ4n) is 4.00. The van der Waals surface area contributed by atoms with Gasteiger partial charge in [-0.3, -0.25) is 10.1 Å². The van der Waals surface area contributed by atoms with E-state index in [0.29, 0.717) is 23.5 Å². The summed E-state index contributed by atoms with van der Waals surface area (Å²) in [4.78, 5) is 30.5. The van der Waals surface area contributed by atoms with Gasteiger partial charge in [0.15, 0.2) is 4.90 Å². The van der Waals surface area contributed by atoms with Crippen molar-refractivity contribution in [3.8, 4) is 21.0 Å². The molecule has 220 valence electrons. The Kier molecular flexibility index (Phi) is 10.4. The first-order chi connectivity index (χ1) is 20.0. The molecule has 1 unspecified atom stereocenters. The highest BCUT2D eigenvalue weighted by atomic mass is 32.2. The third-order valence-electron chi connectivity index (χ3n) is 5.83. The molecular formula is C32H36N4O4S2. The molecule has 0 fully saturated rings. The van der Waals surface area contributed by atoms with Crippen molar-refractivity contribution in [2.45, 2.75) is 64.1 Å². The number of amides is 2. The smallest absolute Gasteiger partial charge is 0.411 e. The van der Waals surface area contributed by atoms with Crippen molar-refractivity contribution in [3.05, 3.63) is 90.1 Å². The molecule has 0 saturated carbocycles. The van der Waals surface area contributed by atoms with Gasteiger partial charge in [-0.05, 0) is 76.1 Å². The summed E-state index contributed by atoms with van der Waals surface area (Å²) in [7, 11) is 0. The number of ether oxygens (including phenoxy) is 1. The molecule has 3 aromatic carbocycles. The molecule has 1 heterocycles. The van der Waals surface area contributed by atoms with Crippen LogP contribution in [0.15, 0.2) is 83.9 Å². The Bertz CT molecular complexity index is 1500. The molecule has 0 spiro atoms. The van der Waals surface area contributed by atoms with Crippen molar-refractivity contribution >= 4 is 40.4 Å². The van der Waals surface area contributed by atoms with Crippen LogP contribution in [0, 0.1) is 0 Å². The Morgan fingerprint density at radius 2 is 1.71 bits per heavy atom. The monoisotopic (exact) mass is 604 g/mol. The van der Waals surface area contributed by atoms with Crippen molar-refractivity contribution in [1.29, 1.82) is 0 Å². The number of hydrogen-bond acceptors (Lipinski definition) is 7. The SMILES string of the molecule is CC(C)OC(=O)Nc1ccc(-c2ncc(-c3ccc(CNC(=O)Cc4ccccc4)cc3[S+]([O-])NC(C)(C)C)s2)cc1. The van der Waals surface area contributed by atoms with Gasteiger partial charge in [0.25, 0.3) is 0 Å². The molecule has 0 radical (unpaired) electrons. The van der Waals surface area contributed by atoms with E-state index in [0.717, 1.165) is 32.1 Å². The second kappa shape index (κ2) is 14.0. The maximum absolute atomic E-state index is 13.5. The highest BCUT2D eigenvalue weighted by Gasteiger charge is 2.25. The number of hydrogen-bond donors (Lipinski definition) is 3. The number of benzene rings is 3. The van der Waals surface area contributed by atoms with E-state index in [-0.39, 0.29) is 17.6 Å². The number of rotatable bonds is 10. The lowest BCUT2D eigenvalue weighted by Gasteiger charge is -2.23. The molecule has 4 aromatic rings. The molecule has 0 saturated heterocycles. The molecular weight excluding hydrogens is 569 g/mol. The van der Waals surface area contributed by atoms with E-state index >= 15 is 0 Å². The lowest BCUT2D eigenvalue weighted by Crippen LogP contribution is -2.40. The van der Waals surface area contributed by atoms with Crippen LogP contribution in [0.3, 0.4) is 0 Å². The van der Waals surface area contributed by atoms with Crippen LogP contribution in [0.5, 0.6) is 0 Å². The van der Waals surface area contributed by atoms with Crippen LogP contribution in [-0.2, 0) is 33.9 Å². The molecule has 0 aliphatic rings. The zero-order valence-electron chi connectivity index (χ0n) is 24.4. The minimum Gasteiger partial charge on any atom is -0.593 e. The van der Waals surface area contributed by atoms with Crippen LogP contribution >= 0.6 is 11.3 Å². The summed E-state index contributed by atoms with van der Waals surface area (Å²) in [6.07, 6.45) is 1.37. The standard InChI is InChI=1S/C32H36N4O4S2/c1-21(2)40-31(38)35-25-14-12-24(13-15-25)30-34-20-27(41-30)26-16-11-23(17-28(26)42(39)36-32(3,4)5)19-33-29(37)18-22-9-7-6-8-10-22/h6-17,20-21,36H,18-19H2,1-5H3,(H,33,37)(H,35,38). The fraction of sp³-hybridized carbons (Fsp3) is 0.281. The van der Waals surface area contributed by atoms with Gasteiger partial charge in [-0.25, -0.2) is 9.78 Å². The lowest BCUT2D eigenvalue weighted by molar-refractivity contribution is -0.120. The Hall–Kier alpha value is -3.70. The maximum atomic E-state index is 13.5. The van der Waals surface area contributed by atoms with Gasteiger partial charge in [0.1, 0.15) is 5.01 Å². The zero-order valence-corrected chi connectivity index (χ0v) is 26.0. The molecule has 2 amide bonds. The summed E-state index contributed by atoms with van der Waals surface area (Å²) < 4.78 is 21.8. The Labute approximate surface area is 254 Å². The van der Waals surface area contributed by atoms with Gasteiger partial charge in [0.05, 0.1) is 39.9 Å². The molecule has 1 atom stereocenters. The van der Waals surface area contributed by atoms with Gasteiger partial charge in [0, 0.05) is 30.1 Å². The van der Waals surface area contributed by atoms with E-state index in [2.05, 4.69) is 20.3 Å². The van der Waals surface area contributed by atoms with E-state index < -0.39 is 17.5 Å². The molecule has 0 aliphatic heterocycles. The normalized spacial score (nSPS) is 12.2. The largest absolute Gasteiger partial charge is 0.593 e. The first kappa shape index (κ1) is 31.2. The van der Waals surface area contributed by atoms with Gasteiger partial charge < -0.3 is 14.6 Å². The number of carbonyl (C=O) groups excluding carboxylic acids is 2. The van der Waals surface area contributed by atoms with Crippen molar-refractivity contribution in [3.63, 3.8) is 0 Å². The molecule has 10 heteroatoms. The number of nitrogens with zero attached hydrogens (tertiary/aromatic N) is 1.